The van der Waals surface area contributed by atoms with Crippen molar-refractivity contribution < 1.29 is 4.74 Å². The molecule has 74 valence electrons. The van der Waals surface area contributed by atoms with Crippen molar-refractivity contribution in [1.82, 2.24) is 9.88 Å². The summed E-state index contributed by atoms with van der Waals surface area (Å²) >= 11 is 0. The highest BCUT2D eigenvalue weighted by atomic mass is 16.5. The topological polar surface area (TPSA) is 25.4 Å². The van der Waals surface area contributed by atoms with Gasteiger partial charge in [-0.25, -0.2) is 4.98 Å². The zero-order chi connectivity index (χ0) is 9.54. The molecule has 1 aromatic heterocycles. The van der Waals surface area contributed by atoms with E-state index in [1.807, 2.05) is 6.07 Å². The van der Waals surface area contributed by atoms with E-state index in [1.165, 1.54) is 18.5 Å². The Labute approximate surface area is 83.7 Å². The van der Waals surface area contributed by atoms with Crippen LogP contribution in [0.25, 0.3) is 0 Å². The van der Waals surface area contributed by atoms with E-state index >= 15 is 0 Å². The zero-order valence-electron chi connectivity index (χ0n) is 8.31. The van der Waals surface area contributed by atoms with Gasteiger partial charge in [0.15, 0.2) is 0 Å². The van der Waals surface area contributed by atoms with Crippen molar-refractivity contribution in [1.29, 1.82) is 0 Å². The molecule has 14 heavy (non-hydrogen) atoms. The van der Waals surface area contributed by atoms with Gasteiger partial charge in [0.2, 0.25) is 5.88 Å². The molecule has 3 rings (SSSR count). The number of fused-ring (bicyclic) bond motifs is 3. The molecule has 2 unspecified atom stereocenters. The first kappa shape index (κ1) is 8.24. The lowest BCUT2D eigenvalue weighted by Crippen LogP contribution is -2.40. The quantitative estimate of drug-likeness (QED) is 0.616. The Balaban J connectivity index is 1.94. The third-order valence-corrected chi connectivity index (χ3v) is 3.23. The minimum absolute atomic E-state index is 0.332. The van der Waals surface area contributed by atoms with Gasteiger partial charge in [-0.1, -0.05) is 6.07 Å². The van der Waals surface area contributed by atoms with E-state index in [-0.39, 0.29) is 0 Å². The van der Waals surface area contributed by atoms with Crippen LogP contribution in [0.15, 0.2) is 18.3 Å². The fraction of sp³-hybridized carbons (Fsp3) is 0.545. The predicted octanol–water partition coefficient (Wildman–Crippen LogP) is 1.26. The monoisotopic (exact) mass is 190 g/mol. The first-order valence-electron chi connectivity index (χ1n) is 5.15. The number of likely N-dealkylation sites (tertiary alicyclic amines) is 1. The van der Waals surface area contributed by atoms with Crippen LogP contribution >= 0.6 is 0 Å². The van der Waals surface area contributed by atoms with Gasteiger partial charge in [0.1, 0.15) is 6.10 Å². The second-order valence-electron chi connectivity index (χ2n) is 4.21. The maximum Gasteiger partial charge on any atom is 0.217 e. The lowest BCUT2D eigenvalue weighted by Gasteiger charge is -2.31. The van der Waals surface area contributed by atoms with E-state index in [1.54, 1.807) is 6.20 Å². The molecule has 0 amide bonds. The summed E-state index contributed by atoms with van der Waals surface area (Å²) in [6, 6.07) is 4.15. The molecule has 2 atom stereocenters. The lowest BCUT2D eigenvalue weighted by atomic mass is 9.90. The van der Waals surface area contributed by atoms with Crippen LogP contribution in [0.3, 0.4) is 0 Å². The maximum atomic E-state index is 5.83. The molecule has 0 aromatic carbocycles. The van der Waals surface area contributed by atoms with Gasteiger partial charge in [0.25, 0.3) is 0 Å². The second kappa shape index (κ2) is 2.95. The summed E-state index contributed by atoms with van der Waals surface area (Å²) in [5.74, 6) is 1.44. The fourth-order valence-electron chi connectivity index (χ4n) is 2.47. The van der Waals surface area contributed by atoms with E-state index in [0.29, 0.717) is 12.0 Å². The van der Waals surface area contributed by atoms with Gasteiger partial charge < -0.3 is 9.64 Å². The predicted molar refractivity (Wildman–Crippen MR) is 53.5 cm³/mol. The van der Waals surface area contributed by atoms with Gasteiger partial charge in [-0.15, -0.1) is 0 Å². The van der Waals surface area contributed by atoms with Gasteiger partial charge in [-0.05, 0) is 26.1 Å². The average molecular weight is 190 g/mol. The number of rotatable bonds is 0. The van der Waals surface area contributed by atoms with Crippen LogP contribution in [-0.4, -0.2) is 36.1 Å². The molecular weight excluding hydrogens is 176 g/mol. The molecule has 2 aliphatic rings. The first-order valence-corrected chi connectivity index (χ1v) is 5.15. The maximum absolute atomic E-state index is 5.83. The molecule has 0 aliphatic carbocycles. The lowest BCUT2D eigenvalue weighted by molar-refractivity contribution is 0.106. The van der Waals surface area contributed by atoms with Gasteiger partial charge in [-0.2, -0.15) is 0 Å². The van der Waals surface area contributed by atoms with E-state index < -0.39 is 0 Å². The Morgan fingerprint density at radius 3 is 3.43 bits per heavy atom. The van der Waals surface area contributed by atoms with E-state index in [2.05, 4.69) is 23.0 Å². The minimum atomic E-state index is 0.332. The number of likely N-dealkylation sites (N-methyl/N-ethyl adjacent to an activating group) is 1. The second-order valence-corrected chi connectivity index (χ2v) is 4.21. The van der Waals surface area contributed by atoms with Crippen LogP contribution in [0.1, 0.15) is 17.9 Å². The Morgan fingerprint density at radius 1 is 1.57 bits per heavy atom. The van der Waals surface area contributed by atoms with Crippen molar-refractivity contribution in [2.75, 3.05) is 20.1 Å². The molecule has 1 saturated heterocycles. The third kappa shape index (κ3) is 1.12. The standard InChI is InChI=1S/C11H14N2O/c1-13-6-4-8-9-3-2-5-12-11(9)14-10(8)7-13/h2-3,5,8,10H,4,6-7H2,1H3. The van der Waals surface area contributed by atoms with Crippen molar-refractivity contribution in [3.05, 3.63) is 23.9 Å². The Morgan fingerprint density at radius 2 is 2.50 bits per heavy atom. The van der Waals surface area contributed by atoms with Crippen molar-refractivity contribution in [3.8, 4) is 5.88 Å². The average Bonchev–Trinajstić information content (AvgIpc) is 2.54. The molecule has 0 N–H and O–H groups in total. The third-order valence-electron chi connectivity index (χ3n) is 3.23. The Hall–Kier alpha value is -1.09. The van der Waals surface area contributed by atoms with E-state index in [4.69, 9.17) is 4.74 Å². The smallest absolute Gasteiger partial charge is 0.217 e. The number of aromatic nitrogens is 1. The summed E-state index contributed by atoms with van der Waals surface area (Å²) in [6.45, 7) is 2.19. The minimum Gasteiger partial charge on any atom is -0.472 e. The molecule has 0 radical (unpaired) electrons. The molecule has 0 saturated carbocycles. The Bertz CT molecular complexity index is 353. The van der Waals surface area contributed by atoms with Crippen LogP contribution in [-0.2, 0) is 0 Å². The summed E-state index contributed by atoms with van der Waals surface area (Å²) < 4.78 is 5.83. The van der Waals surface area contributed by atoms with Crippen molar-refractivity contribution in [2.24, 2.45) is 0 Å². The molecule has 2 aliphatic heterocycles. The zero-order valence-corrected chi connectivity index (χ0v) is 8.31. The Kier molecular flexibility index (Phi) is 1.74. The molecule has 3 heteroatoms. The number of piperidine rings is 1. The van der Waals surface area contributed by atoms with E-state index in [9.17, 15) is 0 Å². The number of ether oxygens (including phenoxy) is 1. The molecule has 1 fully saturated rings. The highest BCUT2D eigenvalue weighted by molar-refractivity contribution is 5.35. The summed E-state index contributed by atoms with van der Waals surface area (Å²) in [6.07, 6.45) is 3.33. The van der Waals surface area contributed by atoms with Crippen LogP contribution in [0.4, 0.5) is 0 Å². The summed E-state index contributed by atoms with van der Waals surface area (Å²) in [5.41, 5.74) is 1.31. The molecule has 3 nitrogen and oxygen atoms in total. The molecule has 1 aromatic rings. The summed E-state index contributed by atoms with van der Waals surface area (Å²) in [7, 11) is 2.15. The molecule has 3 heterocycles. The first-order chi connectivity index (χ1) is 6.84. The summed E-state index contributed by atoms with van der Waals surface area (Å²) in [5, 5.41) is 0. The van der Waals surface area contributed by atoms with Crippen LogP contribution in [0.5, 0.6) is 5.88 Å². The van der Waals surface area contributed by atoms with Crippen LogP contribution in [0.2, 0.25) is 0 Å². The molecule has 0 bridgehead atoms. The molecule has 0 spiro atoms. The van der Waals surface area contributed by atoms with Gasteiger partial charge in [0.05, 0.1) is 0 Å². The van der Waals surface area contributed by atoms with E-state index in [0.717, 1.165) is 12.4 Å². The number of hydrogen-bond donors (Lipinski definition) is 0. The number of hydrogen-bond acceptors (Lipinski definition) is 3. The highest BCUT2D eigenvalue weighted by Gasteiger charge is 2.38. The summed E-state index contributed by atoms with van der Waals surface area (Å²) in [4.78, 5) is 6.59. The van der Waals surface area contributed by atoms with Crippen molar-refractivity contribution in [3.63, 3.8) is 0 Å². The van der Waals surface area contributed by atoms with Crippen LogP contribution in [0, 0.1) is 0 Å². The number of nitrogens with zero attached hydrogens (tertiary/aromatic N) is 2. The molecular formula is C11H14N2O. The van der Waals surface area contributed by atoms with Gasteiger partial charge in [0, 0.05) is 24.2 Å². The largest absolute Gasteiger partial charge is 0.472 e. The normalized spacial score (nSPS) is 30.6. The van der Waals surface area contributed by atoms with Gasteiger partial charge >= 0.3 is 0 Å². The van der Waals surface area contributed by atoms with Crippen molar-refractivity contribution in [2.45, 2.75) is 18.4 Å². The van der Waals surface area contributed by atoms with Crippen LogP contribution < -0.4 is 4.74 Å². The SMILES string of the molecule is CN1CCC2c3cccnc3OC2C1. The van der Waals surface area contributed by atoms with Crippen molar-refractivity contribution >= 4 is 0 Å². The highest BCUT2D eigenvalue weighted by Crippen LogP contribution is 2.40. The number of pyridine rings is 1. The fourth-order valence-corrected chi connectivity index (χ4v) is 2.47. The van der Waals surface area contributed by atoms with Gasteiger partial charge in [-0.3, -0.25) is 0 Å².